The van der Waals surface area contributed by atoms with Crippen LogP contribution in [0.15, 0.2) is 60.6 Å². The van der Waals surface area contributed by atoms with Gasteiger partial charge in [0.15, 0.2) is 12.6 Å². The molecule has 0 aromatic rings. The van der Waals surface area contributed by atoms with Gasteiger partial charge in [0.25, 0.3) is 0 Å². The molecule has 8 N–H and O–H groups in total. The van der Waals surface area contributed by atoms with Gasteiger partial charge in [0.1, 0.15) is 55.1 Å². The number of hydrogen-bond acceptors (Lipinski definition) is 19. The summed E-state index contributed by atoms with van der Waals surface area (Å²) in [4.78, 5) is 38.7. The predicted octanol–water partition coefficient (Wildman–Crippen LogP) is -3.20. The topological polar surface area (TPSA) is 287 Å². The van der Waals surface area contributed by atoms with Gasteiger partial charge in [0, 0.05) is 17.8 Å². The average Bonchev–Trinajstić information content (AvgIpc) is 3.17. The highest BCUT2D eigenvalue weighted by atomic mass is 16.8. The molecule has 0 aliphatic carbocycles. The molecule has 2 saturated heterocycles. The highest BCUT2D eigenvalue weighted by Crippen LogP contribution is 2.41. The van der Waals surface area contributed by atoms with Crippen molar-refractivity contribution in [1.29, 1.82) is 0 Å². The van der Waals surface area contributed by atoms with Crippen LogP contribution < -0.4 is 0 Å². The fourth-order valence-electron chi connectivity index (χ4n) is 6.58. The lowest BCUT2D eigenvalue weighted by atomic mass is 9.76. The predicted molar refractivity (Wildman–Crippen MR) is 173 cm³/mol. The Labute approximate surface area is 303 Å². The monoisotopic (exact) mass is 758 g/mol. The van der Waals surface area contributed by atoms with Gasteiger partial charge in [-0.15, -0.1) is 13.2 Å². The molecule has 0 saturated carbocycles. The second-order valence-electron chi connectivity index (χ2n) is 12.6. The van der Waals surface area contributed by atoms with Crippen LogP contribution in [0.3, 0.4) is 0 Å². The molecule has 0 spiro atoms. The normalized spacial score (nSPS) is 40.4. The lowest BCUT2D eigenvalue weighted by Gasteiger charge is -2.43. The highest BCUT2D eigenvalue weighted by molar-refractivity contribution is 5.92. The minimum atomic E-state index is -1.81. The first-order valence-corrected chi connectivity index (χ1v) is 16.5. The number of esters is 2. The van der Waals surface area contributed by atoms with Crippen molar-refractivity contribution in [3.05, 3.63) is 60.6 Å². The number of aliphatic hydroxyl groups excluding tert-OH is 8. The molecular formula is C34H46O19. The van der Waals surface area contributed by atoms with E-state index in [-0.39, 0.29) is 23.1 Å². The van der Waals surface area contributed by atoms with Crippen LogP contribution in [0.5, 0.6) is 0 Å². The standard InChI is InChI=1S/C34H46O19/c1-5-15-17(18(29(44)46-3)12-48-31(15)52-33-27(42)25(40)23(38)20(10-36)50-33)8-7-14(9-35)22-16(6-2)32(49-13-19(22)30(45)47-4)53-34-28(43)26(41)24(39)21(11-37)51-34/h5-7,9,12-13,15-17,20-28,31-34,36-43H,1-2,8,10-11H2,3-4H3/b14-7+/t15-,16-,17+,20-,21+,22+,23-,24+,25+,26-,27-,28+,31+,32+,33+,34-/m1/s1. The molecule has 0 radical (unpaired) electrons. The van der Waals surface area contributed by atoms with Crippen molar-refractivity contribution in [2.75, 3.05) is 27.4 Å². The summed E-state index contributed by atoms with van der Waals surface area (Å²) in [6, 6.07) is 0. The summed E-state index contributed by atoms with van der Waals surface area (Å²) >= 11 is 0. The van der Waals surface area contributed by atoms with Gasteiger partial charge in [-0.2, -0.15) is 0 Å². The fraction of sp³-hybridized carbons (Fsp3) is 0.618. The van der Waals surface area contributed by atoms with E-state index in [0.717, 1.165) is 26.7 Å². The molecule has 16 atom stereocenters. The first kappa shape index (κ1) is 42.2. The molecule has 2 fully saturated rings. The Morgan fingerprint density at radius 2 is 1.15 bits per heavy atom. The summed E-state index contributed by atoms with van der Waals surface area (Å²) in [5.74, 6) is -5.82. The number of carbonyl (C=O) groups is 3. The molecule has 53 heavy (non-hydrogen) atoms. The largest absolute Gasteiger partial charge is 0.471 e. The number of rotatable bonds is 14. The zero-order chi connectivity index (χ0) is 39.1. The summed E-state index contributed by atoms with van der Waals surface area (Å²) in [6.07, 6.45) is -12.7. The van der Waals surface area contributed by atoms with Gasteiger partial charge in [0.2, 0.25) is 12.6 Å². The number of ether oxygens (including phenoxy) is 8. The Bertz CT molecular complexity index is 1410. The van der Waals surface area contributed by atoms with Crippen molar-refractivity contribution in [1.82, 2.24) is 0 Å². The Morgan fingerprint density at radius 1 is 0.698 bits per heavy atom. The zero-order valence-corrected chi connectivity index (χ0v) is 28.8. The van der Waals surface area contributed by atoms with E-state index in [2.05, 4.69) is 13.2 Å². The molecular weight excluding hydrogens is 712 g/mol. The first-order chi connectivity index (χ1) is 25.3. The third-order valence-electron chi connectivity index (χ3n) is 9.59. The average molecular weight is 759 g/mol. The van der Waals surface area contributed by atoms with E-state index in [4.69, 9.17) is 37.9 Å². The smallest absolute Gasteiger partial charge is 0.337 e. The Hall–Kier alpha value is -3.57. The molecule has 0 aromatic carbocycles. The molecule has 4 rings (SSSR count). The van der Waals surface area contributed by atoms with Crippen molar-refractivity contribution in [2.45, 2.75) is 80.4 Å². The molecule has 296 valence electrons. The summed E-state index contributed by atoms with van der Waals surface area (Å²) in [5.41, 5.74) is -0.223. The number of hydrogen-bond donors (Lipinski definition) is 8. The van der Waals surface area contributed by atoms with Crippen molar-refractivity contribution in [2.24, 2.45) is 23.7 Å². The van der Waals surface area contributed by atoms with Crippen molar-refractivity contribution in [3.63, 3.8) is 0 Å². The minimum Gasteiger partial charge on any atom is -0.471 e. The van der Waals surface area contributed by atoms with Crippen molar-refractivity contribution < 1.29 is 93.1 Å². The van der Waals surface area contributed by atoms with E-state index in [1.807, 2.05) is 0 Å². The maximum absolute atomic E-state index is 13.0. The van der Waals surface area contributed by atoms with Gasteiger partial charge in [0.05, 0.1) is 57.0 Å². The molecule has 0 amide bonds. The van der Waals surface area contributed by atoms with E-state index < -0.39 is 123 Å². The van der Waals surface area contributed by atoms with E-state index in [9.17, 15) is 55.2 Å². The number of allylic oxidation sites excluding steroid dienone is 2. The van der Waals surface area contributed by atoms with Crippen LogP contribution in [0.4, 0.5) is 0 Å². The van der Waals surface area contributed by atoms with Crippen LogP contribution in [0.25, 0.3) is 0 Å². The van der Waals surface area contributed by atoms with Crippen LogP contribution in [0, 0.1) is 23.7 Å². The number of aliphatic hydroxyl groups is 8. The SMILES string of the molecule is C=C[C@H]1[C@H](O[C@@H]2O[C@H](CO)[C@@H](O)[C@H](O)[C@H]2O)OC=C(C(=O)OC)[C@H]1C/C=C(\C=O)[C@@H]1C(C(=O)OC)=CO[C@@H](O[C@H]2O[C@@H](CO)[C@H](O)[C@@H](O)[C@@H]2O)[C@@H]1C=C. The van der Waals surface area contributed by atoms with Crippen LogP contribution in [-0.2, 0) is 52.3 Å². The second kappa shape index (κ2) is 18.7. The van der Waals surface area contributed by atoms with Crippen LogP contribution in [0.2, 0.25) is 0 Å². The lowest BCUT2D eigenvalue weighted by Crippen LogP contribution is -2.60. The van der Waals surface area contributed by atoms with Gasteiger partial charge in [-0.25, -0.2) is 9.59 Å². The van der Waals surface area contributed by atoms with E-state index >= 15 is 0 Å². The summed E-state index contributed by atoms with van der Waals surface area (Å²) < 4.78 is 43.7. The highest BCUT2D eigenvalue weighted by Gasteiger charge is 2.50. The number of carbonyl (C=O) groups excluding carboxylic acids is 3. The molecule has 0 aromatic heterocycles. The number of aldehydes is 1. The summed E-state index contributed by atoms with van der Waals surface area (Å²) in [7, 11) is 2.23. The molecule has 19 heteroatoms. The minimum absolute atomic E-state index is 0.0210. The van der Waals surface area contributed by atoms with E-state index in [1.54, 1.807) is 0 Å². The van der Waals surface area contributed by atoms with Crippen molar-refractivity contribution in [3.8, 4) is 0 Å². The van der Waals surface area contributed by atoms with Gasteiger partial charge in [-0.1, -0.05) is 18.2 Å². The zero-order valence-electron chi connectivity index (χ0n) is 28.8. The molecule has 4 aliphatic rings. The molecule has 4 heterocycles. The van der Waals surface area contributed by atoms with Gasteiger partial charge >= 0.3 is 11.9 Å². The van der Waals surface area contributed by atoms with Gasteiger partial charge in [-0.05, 0) is 12.0 Å². The van der Waals surface area contributed by atoms with E-state index in [0.29, 0.717) is 6.29 Å². The second-order valence-corrected chi connectivity index (χ2v) is 12.6. The summed E-state index contributed by atoms with van der Waals surface area (Å²) in [6.45, 7) is 6.16. The van der Waals surface area contributed by atoms with Crippen LogP contribution >= 0.6 is 0 Å². The summed E-state index contributed by atoms with van der Waals surface area (Å²) in [5, 5.41) is 81.1. The molecule has 19 nitrogen and oxygen atoms in total. The first-order valence-electron chi connectivity index (χ1n) is 16.5. The quantitative estimate of drug-likeness (QED) is 0.0375. The van der Waals surface area contributed by atoms with Gasteiger partial charge in [-0.3, -0.25) is 4.79 Å². The van der Waals surface area contributed by atoms with Gasteiger partial charge < -0.3 is 78.7 Å². The fourth-order valence-corrected chi connectivity index (χ4v) is 6.58. The Morgan fingerprint density at radius 3 is 1.58 bits per heavy atom. The van der Waals surface area contributed by atoms with E-state index in [1.165, 1.54) is 18.2 Å². The molecule has 4 aliphatic heterocycles. The van der Waals surface area contributed by atoms with Crippen molar-refractivity contribution >= 4 is 18.2 Å². The molecule has 0 unspecified atom stereocenters. The third kappa shape index (κ3) is 8.72. The maximum Gasteiger partial charge on any atom is 0.337 e. The Balaban J connectivity index is 1.66. The van der Waals surface area contributed by atoms with Crippen LogP contribution in [0.1, 0.15) is 6.42 Å². The lowest BCUT2D eigenvalue weighted by molar-refractivity contribution is -0.339. The third-order valence-corrected chi connectivity index (χ3v) is 9.59. The van der Waals surface area contributed by atoms with Crippen LogP contribution in [-0.4, -0.2) is 161 Å². The maximum atomic E-state index is 13.0. The molecule has 0 bridgehead atoms. The Kier molecular flexibility index (Phi) is 14.8. The number of methoxy groups -OCH3 is 2.